The summed E-state index contributed by atoms with van der Waals surface area (Å²) >= 11 is 0. The highest BCUT2D eigenvalue weighted by Crippen LogP contribution is 2.33. The topological polar surface area (TPSA) is 78.6 Å². The summed E-state index contributed by atoms with van der Waals surface area (Å²) in [6.07, 6.45) is 1.79. The van der Waals surface area contributed by atoms with Crippen molar-refractivity contribution in [1.82, 2.24) is 0 Å². The smallest absolute Gasteiger partial charge is 0.167 e. The summed E-state index contributed by atoms with van der Waals surface area (Å²) in [6.45, 7) is 2.67. The Balaban J connectivity index is 2.00. The maximum atomic E-state index is 11.7. The molecule has 2 heterocycles. The van der Waals surface area contributed by atoms with Gasteiger partial charge in [0.05, 0.1) is 23.7 Å². The summed E-state index contributed by atoms with van der Waals surface area (Å²) in [7, 11) is -2.93. The summed E-state index contributed by atoms with van der Waals surface area (Å²) < 4.78 is 34.6. The van der Waals surface area contributed by atoms with Crippen molar-refractivity contribution < 1.29 is 17.9 Å². The maximum absolute atomic E-state index is 11.7. The van der Waals surface area contributed by atoms with Gasteiger partial charge in [-0.25, -0.2) is 8.42 Å². The molecule has 2 aliphatic heterocycles. The highest BCUT2D eigenvalue weighted by Gasteiger charge is 2.43. The number of hydrogen-bond acceptors (Lipinski definition) is 5. The molecule has 0 spiro atoms. The Labute approximate surface area is 96.2 Å². The van der Waals surface area contributed by atoms with E-state index < -0.39 is 15.6 Å². The second kappa shape index (κ2) is 4.25. The lowest BCUT2D eigenvalue weighted by Crippen LogP contribution is -2.35. The number of nitrogens with two attached hydrogens (primary N) is 1. The van der Waals surface area contributed by atoms with Crippen LogP contribution in [0.2, 0.25) is 0 Å². The fourth-order valence-corrected chi connectivity index (χ4v) is 4.40. The number of ether oxygens (including phenoxy) is 2. The van der Waals surface area contributed by atoms with Gasteiger partial charge in [-0.15, -0.1) is 0 Å². The second-order valence-electron chi connectivity index (χ2n) is 4.76. The minimum absolute atomic E-state index is 0.103. The molecule has 0 amide bonds. The Morgan fingerprint density at radius 3 is 2.75 bits per heavy atom. The van der Waals surface area contributed by atoms with Crippen molar-refractivity contribution in [1.29, 1.82) is 0 Å². The molecule has 2 saturated heterocycles. The average molecular weight is 249 g/mol. The maximum Gasteiger partial charge on any atom is 0.167 e. The summed E-state index contributed by atoms with van der Waals surface area (Å²) in [5, 5.41) is -0.311. The summed E-state index contributed by atoms with van der Waals surface area (Å²) in [5.74, 6) is -0.472. The second-order valence-corrected chi connectivity index (χ2v) is 7.16. The summed E-state index contributed by atoms with van der Waals surface area (Å²) in [5.41, 5.74) is 5.49. The van der Waals surface area contributed by atoms with Crippen LogP contribution in [0, 0.1) is 0 Å². The predicted molar refractivity (Wildman–Crippen MR) is 59.7 cm³/mol. The fraction of sp³-hybridized carbons (Fsp3) is 1.00. The monoisotopic (exact) mass is 249 g/mol. The SMILES string of the molecule is CC1(CC2CCCS2(=O)=O)OCC(CN)O1. The number of sulfone groups is 1. The Morgan fingerprint density at radius 2 is 2.25 bits per heavy atom. The third-order valence-corrected chi connectivity index (χ3v) is 5.59. The molecule has 3 atom stereocenters. The molecular weight excluding hydrogens is 230 g/mol. The van der Waals surface area contributed by atoms with Gasteiger partial charge in [0.1, 0.15) is 0 Å². The van der Waals surface area contributed by atoms with E-state index in [1.54, 1.807) is 6.92 Å². The minimum atomic E-state index is -2.93. The van der Waals surface area contributed by atoms with Crippen molar-refractivity contribution in [3.63, 3.8) is 0 Å². The van der Waals surface area contributed by atoms with Crippen LogP contribution in [0.1, 0.15) is 26.2 Å². The van der Waals surface area contributed by atoms with Gasteiger partial charge in [-0.3, -0.25) is 0 Å². The van der Waals surface area contributed by atoms with E-state index in [1.165, 1.54) is 0 Å². The van der Waals surface area contributed by atoms with Gasteiger partial charge in [-0.1, -0.05) is 0 Å². The zero-order valence-electron chi connectivity index (χ0n) is 9.52. The van der Waals surface area contributed by atoms with Crippen LogP contribution in [-0.2, 0) is 19.3 Å². The molecule has 0 radical (unpaired) electrons. The highest BCUT2D eigenvalue weighted by molar-refractivity contribution is 7.92. The standard InChI is InChI=1S/C10H19NO4S/c1-10(14-7-8(6-11)15-10)5-9-3-2-4-16(9,12)13/h8-9H,2-7,11H2,1H3. The quantitative estimate of drug-likeness (QED) is 0.764. The average Bonchev–Trinajstić information content (AvgIpc) is 2.72. The molecule has 0 saturated carbocycles. The lowest BCUT2D eigenvalue weighted by atomic mass is 10.1. The molecule has 94 valence electrons. The molecule has 0 aromatic carbocycles. The third-order valence-electron chi connectivity index (χ3n) is 3.31. The number of hydrogen-bond donors (Lipinski definition) is 1. The van der Waals surface area contributed by atoms with Gasteiger partial charge in [-0.2, -0.15) is 0 Å². The van der Waals surface area contributed by atoms with Gasteiger partial charge in [0.25, 0.3) is 0 Å². The van der Waals surface area contributed by atoms with Crippen LogP contribution < -0.4 is 5.73 Å². The molecule has 6 heteroatoms. The van der Waals surface area contributed by atoms with Crippen molar-refractivity contribution in [3.05, 3.63) is 0 Å². The molecule has 0 aliphatic carbocycles. The lowest BCUT2D eigenvalue weighted by molar-refractivity contribution is -0.157. The minimum Gasteiger partial charge on any atom is -0.347 e. The van der Waals surface area contributed by atoms with E-state index in [2.05, 4.69) is 0 Å². The molecule has 16 heavy (non-hydrogen) atoms. The van der Waals surface area contributed by atoms with Crippen LogP contribution in [-0.4, -0.2) is 44.5 Å². The Bertz CT molecular complexity index is 356. The van der Waals surface area contributed by atoms with E-state index >= 15 is 0 Å². The molecule has 2 fully saturated rings. The van der Waals surface area contributed by atoms with Crippen LogP contribution in [0.4, 0.5) is 0 Å². The van der Waals surface area contributed by atoms with Gasteiger partial charge in [-0.05, 0) is 19.8 Å². The van der Waals surface area contributed by atoms with Gasteiger partial charge >= 0.3 is 0 Å². The Kier molecular flexibility index (Phi) is 3.27. The lowest BCUT2D eigenvalue weighted by Gasteiger charge is -2.25. The van der Waals surface area contributed by atoms with Gasteiger partial charge < -0.3 is 15.2 Å². The Hall–Kier alpha value is -0.170. The van der Waals surface area contributed by atoms with Crippen molar-refractivity contribution in [2.24, 2.45) is 5.73 Å². The van der Waals surface area contributed by atoms with Gasteiger partial charge in [0.15, 0.2) is 15.6 Å². The third kappa shape index (κ3) is 2.40. The van der Waals surface area contributed by atoms with Crippen LogP contribution in [0.25, 0.3) is 0 Å². The van der Waals surface area contributed by atoms with Crippen LogP contribution in [0.3, 0.4) is 0 Å². The van der Waals surface area contributed by atoms with E-state index in [0.717, 1.165) is 12.8 Å². The molecule has 2 rings (SSSR count). The molecule has 0 aromatic rings. The Morgan fingerprint density at radius 1 is 1.50 bits per heavy atom. The molecule has 3 unspecified atom stereocenters. The summed E-state index contributed by atoms with van der Waals surface area (Å²) in [6, 6.07) is 0. The van der Waals surface area contributed by atoms with E-state index in [-0.39, 0.29) is 11.4 Å². The largest absolute Gasteiger partial charge is 0.347 e. The fourth-order valence-electron chi connectivity index (χ4n) is 2.41. The highest BCUT2D eigenvalue weighted by atomic mass is 32.2. The van der Waals surface area contributed by atoms with Crippen LogP contribution in [0.15, 0.2) is 0 Å². The van der Waals surface area contributed by atoms with Gasteiger partial charge in [0.2, 0.25) is 0 Å². The molecule has 0 aromatic heterocycles. The van der Waals surface area contributed by atoms with Gasteiger partial charge in [0, 0.05) is 13.0 Å². The van der Waals surface area contributed by atoms with Crippen LogP contribution >= 0.6 is 0 Å². The zero-order chi connectivity index (χ0) is 11.8. The van der Waals surface area contributed by atoms with Crippen molar-refractivity contribution >= 4 is 9.84 Å². The first kappa shape index (κ1) is 12.3. The zero-order valence-corrected chi connectivity index (χ0v) is 10.3. The summed E-state index contributed by atoms with van der Waals surface area (Å²) in [4.78, 5) is 0. The first-order valence-corrected chi connectivity index (χ1v) is 7.40. The molecule has 2 aliphatic rings. The van der Waals surface area contributed by atoms with Crippen molar-refractivity contribution in [2.45, 2.75) is 43.3 Å². The van der Waals surface area contributed by atoms with E-state index in [0.29, 0.717) is 25.3 Å². The molecule has 0 bridgehead atoms. The molecule has 2 N–H and O–H groups in total. The van der Waals surface area contributed by atoms with Crippen LogP contribution in [0.5, 0.6) is 0 Å². The number of rotatable bonds is 3. The van der Waals surface area contributed by atoms with Crippen molar-refractivity contribution in [2.75, 3.05) is 18.9 Å². The first-order valence-electron chi connectivity index (χ1n) is 5.69. The van der Waals surface area contributed by atoms with E-state index in [9.17, 15) is 8.42 Å². The van der Waals surface area contributed by atoms with E-state index in [1.807, 2.05) is 0 Å². The molecular formula is C10H19NO4S. The normalized spacial score (nSPS) is 42.6. The first-order chi connectivity index (χ1) is 7.45. The molecule has 5 nitrogen and oxygen atoms in total. The predicted octanol–water partition coefficient (Wildman–Crippen LogP) is 0.0440. The van der Waals surface area contributed by atoms with E-state index in [4.69, 9.17) is 15.2 Å². The van der Waals surface area contributed by atoms with Crippen molar-refractivity contribution in [3.8, 4) is 0 Å².